The van der Waals surface area contributed by atoms with Gasteiger partial charge in [-0.2, -0.15) is 0 Å². The second-order valence-electron chi connectivity index (χ2n) is 2.47. The standard InChI is InChI=1S/C7H6F2N2O3/c8-5(9)2-1-11-6(12)4(10)3(2)7(13)14/h1,5H,10H2,(H,11,12)(H,13,14). The number of alkyl halides is 2. The molecule has 1 rings (SSSR count). The molecular weight excluding hydrogens is 198 g/mol. The molecule has 0 spiro atoms. The number of nitrogen functional groups attached to an aromatic ring is 1. The van der Waals surface area contributed by atoms with Gasteiger partial charge in [0, 0.05) is 6.20 Å². The van der Waals surface area contributed by atoms with Crippen molar-refractivity contribution in [2.24, 2.45) is 0 Å². The predicted octanol–water partition coefficient (Wildman–Crippen LogP) is 0.593. The summed E-state index contributed by atoms with van der Waals surface area (Å²) in [6, 6.07) is 0. The van der Waals surface area contributed by atoms with Crippen LogP contribution in [0, 0.1) is 0 Å². The molecule has 0 aromatic carbocycles. The van der Waals surface area contributed by atoms with Crippen LogP contribution in [-0.2, 0) is 0 Å². The number of pyridine rings is 1. The van der Waals surface area contributed by atoms with Gasteiger partial charge < -0.3 is 15.8 Å². The van der Waals surface area contributed by atoms with E-state index in [1.807, 2.05) is 4.98 Å². The Labute approximate surface area is 76.2 Å². The van der Waals surface area contributed by atoms with Gasteiger partial charge in [-0.25, -0.2) is 13.6 Å². The number of rotatable bonds is 2. The van der Waals surface area contributed by atoms with E-state index in [0.717, 1.165) is 0 Å². The summed E-state index contributed by atoms with van der Waals surface area (Å²) in [7, 11) is 0. The zero-order valence-corrected chi connectivity index (χ0v) is 6.75. The number of hydrogen-bond acceptors (Lipinski definition) is 3. The summed E-state index contributed by atoms with van der Waals surface area (Å²) in [5.74, 6) is -1.65. The van der Waals surface area contributed by atoms with Gasteiger partial charge in [0.25, 0.3) is 12.0 Å². The lowest BCUT2D eigenvalue weighted by Gasteiger charge is -2.05. The summed E-state index contributed by atoms with van der Waals surface area (Å²) in [5, 5.41) is 8.55. The molecule has 1 heterocycles. The number of hydrogen-bond donors (Lipinski definition) is 3. The molecule has 1 aromatic rings. The molecule has 5 nitrogen and oxygen atoms in total. The molecule has 0 aliphatic heterocycles. The fraction of sp³-hybridized carbons (Fsp3) is 0.143. The van der Waals surface area contributed by atoms with E-state index in [4.69, 9.17) is 10.8 Å². The Kier molecular flexibility index (Phi) is 2.50. The van der Waals surface area contributed by atoms with Crippen molar-refractivity contribution in [3.8, 4) is 0 Å². The van der Waals surface area contributed by atoms with Crippen molar-refractivity contribution in [3.63, 3.8) is 0 Å². The van der Waals surface area contributed by atoms with Crippen LogP contribution in [0.5, 0.6) is 0 Å². The van der Waals surface area contributed by atoms with Crippen LogP contribution in [0.1, 0.15) is 22.3 Å². The van der Waals surface area contributed by atoms with Gasteiger partial charge in [-0.1, -0.05) is 0 Å². The number of carboxylic acids is 1. The summed E-state index contributed by atoms with van der Waals surface area (Å²) in [6.07, 6.45) is -2.35. The quantitative estimate of drug-likeness (QED) is 0.656. The van der Waals surface area contributed by atoms with Crippen LogP contribution in [0.15, 0.2) is 11.0 Å². The maximum atomic E-state index is 12.3. The number of carboxylic acid groups (broad SMARTS) is 1. The van der Waals surface area contributed by atoms with Gasteiger partial charge in [0.2, 0.25) is 0 Å². The molecular formula is C7H6F2N2O3. The maximum Gasteiger partial charge on any atom is 0.338 e. The molecule has 0 bridgehead atoms. The molecule has 14 heavy (non-hydrogen) atoms. The van der Waals surface area contributed by atoms with E-state index in [-0.39, 0.29) is 0 Å². The van der Waals surface area contributed by atoms with Gasteiger partial charge in [-0.05, 0) is 0 Å². The normalized spacial score (nSPS) is 10.5. The minimum absolute atomic E-state index is 0.646. The van der Waals surface area contributed by atoms with E-state index in [9.17, 15) is 18.4 Å². The maximum absolute atomic E-state index is 12.3. The Morgan fingerprint density at radius 2 is 2.14 bits per heavy atom. The van der Waals surface area contributed by atoms with Crippen molar-refractivity contribution in [3.05, 3.63) is 27.7 Å². The van der Waals surface area contributed by atoms with Gasteiger partial charge in [0.05, 0.1) is 11.1 Å². The summed E-state index contributed by atoms with van der Waals surface area (Å²) in [4.78, 5) is 23.3. The smallest absolute Gasteiger partial charge is 0.338 e. The predicted molar refractivity (Wildman–Crippen MR) is 43.4 cm³/mol. The van der Waals surface area contributed by atoms with Crippen molar-refractivity contribution in [2.45, 2.75) is 6.43 Å². The molecule has 0 unspecified atom stereocenters. The Morgan fingerprint density at radius 1 is 1.57 bits per heavy atom. The first-order chi connectivity index (χ1) is 6.45. The second-order valence-corrected chi connectivity index (χ2v) is 2.47. The average molecular weight is 204 g/mol. The van der Waals surface area contributed by atoms with Crippen molar-refractivity contribution in [1.82, 2.24) is 4.98 Å². The van der Waals surface area contributed by atoms with Crippen molar-refractivity contribution in [1.29, 1.82) is 0 Å². The van der Waals surface area contributed by atoms with Crippen LogP contribution in [0.2, 0.25) is 0 Å². The lowest BCUT2D eigenvalue weighted by Crippen LogP contribution is -2.19. The van der Waals surface area contributed by atoms with Gasteiger partial charge in [0.15, 0.2) is 0 Å². The molecule has 1 aromatic heterocycles. The highest BCUT2D eigenvalue weighted by Crippen LogP contribution is 2.23. The van der Waals surface area contributed by atoms with E-state index in [1.54, 1.807) is 0 Å². The molecule has 0 aliphatic rings. The van der Waals surface area contributed by atoms with Crippen LogP contribution in [0.25, 0.3) is 0 Å². The Bertz CT molecular complexity index is 427. The van der Waals surface area contributed by atoms with E-state index in [2.05, 4.69) is 0 Å². The van der Waals surface area contributed by atoms with E-state index < -0.39 is 34.8 Å². The SMILES string of the molecule is Nc1c(C(=O)O)c(C(F)F)c[nH]c1=O. The number of nitrogens with two attached hydrogens (primary N) is 1. The number of nitrogens with one attached hydrogen (secondary N) is 1. The zero-order chi connectivity index (χ0) is 10.9. The number of carbonyl (C=O) groups is 1. The third-order valence-corrected chi connectivity index (χ3v) is 1.61. The third-order valence-electron chi connectivity index (χ3n) is 1.61. The van der Waals surface area contributed by atoms with Gasteiger partial charge in [0.1, 0.15) is 5.69 Å². The lowest BCUT2D eigenvalue weighted by atomic mass is 10.1. The molecule has 0 aliphatic carbocycles. The van der Waals surface area contributed by atoms with Crippen LogP contribution in [0.4, 0.5) is 14.5 Å². The minimum Gasteiger partial charge on any atom is -0.478 e. The number of anilines is 1. The summed E-state index contributed by atoms with van der Waals surface area (Å²) in [6.45, 7) is 0. The largest absolute Gasteiger partial charge is 0.478 e. The Balaban J connectivity index is 3.54. The van der Waals surface area contributed by atoms with E-state index >= 15 is 0 Å². The van der Waals surface area contributed by atoms with Crippen LogP contribution >= 0.6 is 0 Å². The van der Waals surface area contributed by atoms with E-state index in [1.165, 1.54) is 0 Å². The number of aromatic nitrogens is 1. The zero-order valence-electron chi connectivity index (χ0n) is 6.75. The highest BCUT2D eigenvalue weighted by molar-refractivity contribution is 5.95. The van der Waals surface area contributed by atoms with Crippen molar-refractivity contribution < 1.29 is 18.7 Å². The molecule has 7 heteroatoms. The average Bonchev–Trinajstić information content (AvgIpc) is 2.08. The third kappa shape index (κ3) is 1.56. The van der Waals surface area contributed by atoms with E-state index in [0.29, 0.717) is 6.20 Å². The number of aromatic carboxylic acids is 1. The minimum atomic E-state index is -3.00. The first kappa shape index (κ1) is 10.2. The van der Waals surface area contributed by atoms with Gasteiger partial charge in [-0.3, -0.25) is 4.79 Å². The molecule has 4 N–H and O–H groups in total. The first-order valence-corrected chi connectivity index (χ1v) is 3.47. The van der Waals surface area contributed by atoms with Gasteiger partial charge >= 0.3 is 5.97 Å². The van der Waals surface area contributed by atoms with Crippen LogP contribution < -0.4 is 11.3 Å². The summed E-state index contributed by atoms with van der Waals surface area (Å²) in [5.41, 5.74) is 1.81. The summed E-state index contributed by atoms with van der Waals surface area (Å²) < 4.78 is 24.5. The van der Waals surface area contributed by atoms with Gasteiger partial charge in [-0.15, -0.1) is 0 Å². The fourth-order valence-electron chi connectivity index (χ4n) is 0.973. The molecule has 0 saturated heterocycles. The highest BCUT2D eigenvalue weighted by atomic mass is 19.3. The molecule has 76 valence electrons. The molecule has 0 fully saturated rings. The molecule has 0 atom stereocenters. The van der Waals surface area contributed by atoms with Crippen molar-refractivity contribution >= 4 is 11.7 Å². The fourth-order valence-corrected chi connectivity index (χ4v) is 0.973. The Hall–Kier alpha value is -1.92. The molecule has 0 radical (unpaired) electrons. The monoisotopic (exact) mass is 204 g/mol. The number of aromatic amines is 1. The molecule has 0 amide bonds. The number of H-pyrrole nitrogens is 1. The second kappa shape index (κ2) is 3.44. The summed E-state index contributed by atoms with van der Waals surface area (Å²) >= 11 is 0. The first-order valence-electron chi connectivity index (χ1n) is 3.47. The number of halogens is 2. The topological polar surface area (TPSA) is 96.2 Å². The van der Waals surface area contributed by atoms with Crippen LogP contribution in [-0.4, -0.2) is 16.1 Å². The van der Waals surface area contributed by atoms with Crippen LogP contribution in [0.3, 0.4) is 0 Å². The highest BCUT2D eigenvalue weighted by Gasteiger charge is 2.22. The molecule has 0 saturated carbocycles. The Morgan fingerprint density at radius 3 is 2.57 bits per heavy atom. The lowest BCUT2D eigenvalue weighted by molar-refractivity contribution is 0.0685. The van der Waals surface area contributed by atoms with Crippen molar-refractivity contribution in [2.75, 3.05) is 5.73 Å².